The molecule has 2 aromatic heterocycles. The van der Waals surface area contributed by atoms with Crippen molar-refractivity contribution in [2.45, 2.75) is 5.22 Å². The third-order valence-electron chi connectivity index (χ3n) is 6.35. The van der Waals surface area contributed by atoms with Crippen molar-refractivity contribution < 1.29 is 14.3 Å². The van der Waals surface area contributed by atoms with Crippen molar-refractivity contribution in [2.24, 2.45) is 0 Å². The number of benzene rings is 3. The van der Waals surface area contributed by atoms with E-state index in [0.29, 0.717) is 30.0 Å². The maximum absolute atomic E-state index is 12.7. The molecule has 6 rings (SSSR count). The van der Waals surface area contributed by atoms with E-state index in [4.69, 9.17) is 4.42 Å². The number of piperazine rings is 1. The number of thioether (sulfide) groups is 1. The Balaban J connectivity index is 1.07. The van der Waals surface area contributed by atoms with Crippen LogP contribution in [0.4, 0.5) is 5.69 Å². The average molecular weight is 513 g/mol. The highest BCUT2D eigenvalue weighted by atomic mass is 32.2. The van der Waals surface area contributed by atoms with E-state index in [1.54, 1.807) is 24.3 Å². The molecule has 1 saturated heterocycles. The molecule has 10 heteroatoms. The number of aromatic nitrogens is 4. The molecule has 1 aliphatic rings. The summed E-state index contributed by atoms with van der Waals surface area (Å²) in [6.07, 6.45) is 0. The first-order valence-electron chi connectivity index (χ1n) is 12.0. The Bertz CT molecular complexity index is 1530. The first-order valence-corrected chi connectivity index (χ1v) is 12.9. The largest absolute Gasteiger partial charge is 0.508 e. The number of anilines is 1. The minimum absolute atomic E-state index is 0.0677. The van der Waals surface area contributed by atoms with Gasteiger partial charge in [-0.05, 0) is 54.6 Å². The molecule has 5 aromatic rings. The Morgan fingerprint density at radius 1 is 0.946 bits per heavy atom. The monoisotopic (exact) mass is 512 g/mol. The number of phenols is 1. The number of nitrogens with zero attached hydrogens (tertiary/aromatic N) is 5. The first-order chi connectivity index (χ1) is 18.1. The van der Waals surface area contributed by atoms with Crippen molar-refractivity contribution in [1.29, 1.82) is 0 Å². The fraction of sp³-hybridized carbons (Fsp3) is 0.185. The van der Waals surface area contributed by atoms with Crippen LogP contribution in [-0.4, -0.2) is 68.0 Å². The highest BCUT2D eigenvalue weighted by Crippen LogP contribution is 2.28. The lowest BCUT2D eigenvalue weighted by atomic mass is 10.2. The van der Waals surface area contributed by atoms with Gasteiger partial charge in [-0.15, -0.1) is 10.2 Å². The number of carbonyl (C=O) groups excluding carboxylic acids is 1. The summed E-state index contributed by atoms with van der Waals surface area (Å²) in [6.45, 7) is 3.02. The lowest BCUT2D eigenvalue weighted by Crippen LogP contribution is -2.49. The van der Waals surface area contributed by atoms with Crippen LogP contribution in [0.5, 0.6) is 5.75 Å². The first kappa shape index (κ1) is 23.1. The van der Waals surface area contributed by atoms with Gasteiger partial charge in [-0.3, -0.25) is 4.79 Å². The zero-order chi connectivity index (χ0) is 25.2. The van der Waals surface area contributed by atoms with E-state index < -0.39 is 0 Å². The predicted molar refractivity (Wildman–Crippen MR) is 142 cm³/mol. The average Bonchev–Trinajstić information content (AvgIpc) is 3.60. The van der Waals surface area contributed by atoms with E-state index in [-0.39, 0.29) is 17.4 Å². The lowest BCUT2D eigenvalue weighted by molar-refractivity contribution is -0.128. The molecule has 3 aromatic carbocycles. The molecule has 0 atom stereocenters. The number of hydrogen-bond acceptors (Lipinski definition) is 8. The van der Waals surface area contributed by atoms with E-state index in [9.17, 15) is 9.90 Å². The van der Waals surface area contributed by atoms with Gasteiger partial charge in [-0.25, -0.2) is 4.98 Å². The smallest absolute Gasteiger partial charge is 0.277 e. The van der Waals surface area contributed by atoms with Crippen LogP contribution in [0.2, 0.25) is 0 Å². The van der Waals surface area contributed by atoms with E-state index in [2.05, 4.69) is 37.2 Å². The molecular formula is C27H24N6O3S. The number of hydrogen-bond donors (Lipinski definition) is 2. The fourth-order valence-corrected chi connectivity index (χ4v) is 5.02. The van der Waals surface area contributed by atoms with Gasteiger partial charge in [0.1, 0.15) is 11.6 Å². The summed E-state index contributed by atoms with van der Waals surface area (Å²) in [5.41, 5.74) is 4.46. The van der Waals surface area contributed by atoms with Gasteiger partial charge in [0.2, 0.25) is 11.8 Å². The van der Waals surface area contributed by atoms with Gasteiger partial charge in [0.25, 0.3) is 5.22 Å². The number of aromatic hydroxyl groups is 1. The number of para-hydroxylation sites is 1. The molecular weight excluding hydrogens is 488 g/mol. The number of phenolic OH excluding ortho intramolecular Hbond substituents is 1. The van der Waals surface area contributed by atoms with Gasteiger partial charge in [0, 0.05) is 43.0 Å². The molecule has 0 unspecified atom stereocenters. The maximum atomic E-state index is 12.7. The summed E-state index contributed by atoms with van der Waals surface area (Å²) < 4.78 is 5.84. The second kappa shape index (κ2) is 9.98. The number of imidazole rings is 1. The number of aromatic amines is 1. The highest BCUT2D eigenvalue weighted by Gasteiger charge is 2.22. The molecule has 1 aliphatic heterocycles. The van der Waals surface area contributed by atoms with E-state index in [0.717, 1.165) is 35.2 Å². The number of amides is 1. The molecule has 0 radical (unpaired) electrons. The van der Waals surface area contributed by atoms with Crippen molar-refractivity contribution >= 4 is 34.4 Å². The molecule has 0 bridgehead atoms. The van der Waals surface area contributed by atoms with Crippen LogP contribution in [-0.2, 0) is 4.79 Å². The van der Waals surface area contributed by atoms with Crippen LogP contribution in [0.15, 0.2) is 82.4 Å². The van der Waals surface area contributed by atoms with Gasteiger partial charge < -0.3 is 24.3 Å². The molecule has 0 aliphatic carbocycles. The minimum Gasteiger partial charge on any atom is -0.508 e. The van der Waals surface area contributed by atoms with Crippen LogP contribution >= 0.6 is 11.8 Å². The zero-order valence-electron chi connectivity index (χ0n) is 19.9. The third kappa shape index (κ3) is 5.01. The lowest BCUT2D eigenvalue weighted by Gasteiger charge is -2.36. The summed E-state index contributed by atoms with van der Waals surface area (Å²) in [5, 5.41) is 18.2. The number of H-pyrrole nitrogens is 1. The fourth-order valence-electron chi connectivity index (χ4n) is 4.35. The van der Waals surface area contributed by atoms with Crippen LogP contribution in [0.25, 0.3) is 33.9 Å². The van der Waals surface area contributed by atoms with Crippen LogP contribution in [0.1, 0.15) is 0 Å². The van der Waals surface area contributed by atoms with E-state index >= 15 is 0 Å². The molecule has 1 amide bonds. The molecule has 0 saturated carbocycles. The van der Waals surface area contributed by atoms with E-state index in [1.807, 2.05) is 41.3 Å². The standard InChI is InChI=1S/C27H24N6O3S/c34-21-9-6-18(7-10-21)25-28-22-11-8-19(16-23(22)29-25)26-30-31-27(36-26)37-17-24(35)33-14-12-32(13-15-33)20-4-2-1-3-5-20/h1-11,16,34H,12-15,17H2,(H,28,29). The third-order valence-corrected chi connectivity index (χ3v) is 7.15. The number of nitrogens with one attached hydrogen (secondary N) is 1. The molecule has 186 valence electrons. The molecule has 37 heavy (non-hydrogen) atoms. The van der Waals surface area contributed by atoms with Crippen molar-refractivity contribution in [2.75, 3.05) is 36.8 Å². The topological polar surface area (TPSA) is 111 Å². The van der Waals surface area contributed by atoms with Crippen LogP contribution in [0.3, 0.4) is 0 Å². The molecule has 3 heterocycles. The van der Waals surface area contributed by atoms with Crippen molar-refractivity contribution in [3.8, 4) is 28.6 Å². The number of fused-ring (bicyclic) bond motifs is 1. The normalized spacial score (nSPS) is 13.8. The minimum atomic E-state index is 0.0677. The van der Waals surface area contributed by atoms with Crippen molar-refractivity contribution in [1.82, 2.24) is 25.1 Å². The van der Waals surface area contributed by atoms with Gasteiger partial charge in [-0.2, -0.15) is 0 Å². The molecule has 1 fully saturated rings. The zero-order valence-corrected chi connectivity index (χ0v) is 20.7. The van der Waals surface area contributed by atoms with Gasteiger partial charge in [0.15, 0.2) is 0 Å². The van der Waals surface area contributed by atoms with Gasteiger partial charge >= 0.3 is 0 Å². The van der Waals surface area contributed by atoms with E-state index in [1.165, 1.54) is 17.4 Å². The van der Waals surface area contributed by atoms with Crippen LogP contribution in [0, 0.1) is 0 Å². The summed E-state index contributed by atoms with van der Waals surface area (Å²) >= 11 is 1.26. The Morgan fingerprint density at radius 3 is 2.49 bits per heavy atom. The number of carbonyl (C=O) groups is 1. The molecule has 0 spiro atoms. The Kier molecular flexibility index (Phi) is 6.23. The predicted octanol–water partition coefficient (Wildman–Crippen LogP) is 4.43. The number of rotatable bonds is 6. The maximum Gasteiger partial charge on any atom is 0.277 e. The van der Waals surface area contributed by atoms with Crippen LogP contribution < -0.4 is 4.90 Å². The second-order valence-electron chi connectivity index (χ2n) is 8.73. The summed E-state index contributed by atoms with van der Waals surface area (Å²) in [4.78, 5) is 24.8. The second-order valence-corrected chi connectivity index (χ2v) is 9.66. The SMILES string of the molecule is O=C(CSc1nnc(-c2ccc3nc(-c4ccc(O)cc4)[nH]c3c2)o1)N1CCN(c2ccccc2)CC1. The molecule has 9 nitrogen and oxygen atoms in total. The Morgan fingerprint density at radius 2 is 1.70 bits per heavy atom. The summed E-state index contributed by atoms with van der Waals surface area (Å²) in [5.74, 6) is 1.62. The highest BCUT2D eigenvalue weighted by molar-refractivity contribution is 7.99. The van der Waals surface area contributed by atoms with Crippen molar-refractivity contribution in [3.63, 3.8) is 0 Å². The Hall–Kier alpha value is -4.31. The van der Waals surface area contributed by atoms with Crippen molar-refractivity contribution in [3.05, 3.63) is 72.8 Å². The molecule has 2 N–H and O–H groups in total. The van der Waals surface area contributed by atoms with Gasteiger partial charge in [-0.1, -0.05) is 30.0 Å². The summed E-state index contributed by atoms with van der Waals surface area (Å²) in [6, 6.07) is 22.8. The quantitative estimate of drug-likeness (QED) is 0.322. The summed E-state index contributed by atoms with van der Waals surface area (Å²) in [7, 11) is 0. The van der Waals surface area contributed by atoms with Gasteiger partial charge in [0.05, 0.1) is 16.8 Å². The Labute approximate surface area is 217 Å².